The van der Waals surface area contributed by atoms with Gasteiger partial charge in [-0.25, -0.2) is 0 Å². The highest BCUT2D eigenvalue weighted by molar-refractivity contribution is 7.99. The first-order chi connectivity index (χ1) is 9.66. The predicted octanol–water partition coefficient (Wildman–Crippen LogP) is 4.25. The maximum atomic E-state index is 12.1. The quantitative estimate of drug-likeness (QED) is 0.864. The molecule has 1 amide bonds. The molecule has 2 atom stereocenters. The van der Waals surface area contributed by atoms with Gasteiger partial charge in [-0.05, 0) is 30.9 Å². The van der Waals surface area contributed by atoms with Gasteiger partial charge in [0, 0.05) is 10.6 Å². The summed E-state index contributed by atoms with van der Waals surface area (Å²) in [5.41, 5.74) is 1.25. The molecule has 1 N–H and O–H groups in total. The molecule has 4 heteroatoms. The molecule has 2 nitrogen and oxygen atoms in total. The summed E-state index contributed by atoms with van der Waals surface area (Å²) >= 11 is 3.34. The molecule has 0 bridgehead atoms. The molecule has 2 rings (SSSR count). The van der Waals surface area contributed by atoms with Crippen molar-refractivity contribution < 1.29 is 4.79 Å². The molecule has 1 aromatic heterocycles. The number of thiophene rings is 1. The monoisotopic (exact) mass is 305 g/mol. The fourth-order valence-corrected chi connectivity index (χ4v) is 3.40. The highest BCUT2D eigenvalue weighted by Gasteiger charge is 2.16. The zero-order valence-electron chi connectivity index (χ0n) is 11.7. The summed E-state index contributed by atoms with van der Waals surface area (Å²) in [7, 11) is 0. The van der Waals surface area contributed by atoms with E-state index in [4.69, 9.17) is 0 Å². The summed E-state index contributed by atoms with van der Waals surface area (Å²) < 4.78 is 0. The summed E-state index contributed by atoms with van der Waals surface area (Å²) in [6.45, 7) is 3.99. The Hall–Kier alpha value is -1.26. The first-order valence-corrected chi connectivity index (χ1v) is 8.59. The lowest BCUT2D eigenvalue weighted by Gasteiger charge is -2.16. The van der Waals surface area contributed by atoms with Crippen molar-refractivity contribution in [3.05, 3.63) is 58.3 Å². The molecule has 0 saturated carbocycles. The predicted molar refractivity (Wildman–Crippen MR) is 88.1 cm³/mol. The van der Waals surface area contributed by atoms with Crippen LogP contribution in [0, 0.1) is 0 Å². The minimum atomic E-state index is -0.0439. The van der Waals surface area contributed by atoms with E-state index in [2.05, 4.69) is 23.5 Å². The highest BCUT2D eigenvalue weighted by atomic mass is 32.2. The molecule has 0 unspecified atom stereocenters. The van der Waals surface area contributed by atoms with Gasteiger partial charge in [-0.3, -0.25) is 4.79 Å². The molecule has 1 heterocycles. The number of amides is 1. The highest BCUT2D eigenvalue weighted by Crippen LogP contribution is 2.21. The lowest BCUT2D eigenvalue weighted by atomic mass is 10.2. The maximum Gasteiger partial charge on any atom is 0.233 e. The SMILES string of the molecule is C[C@H](SCc1ccccc1)C(=O)N[C@H](C)c1cccs1. The van der Waals surface area contributed by atoms with Crippen molar-refractivity contribution in [2.75, 3.05) is 0 Å². The van der Waals surface area contributed by atoms with E-state index in [1.807, 2.05) is 43.5 Å². The van der Waals surface area contributed by atoms with Gasteiger partial charge in [0.05, 0.1) is 11.3 Å². The van der Waals surface area contributed by atoms with E-state index >= 15 is 0 Å². The minimum Gasteiger partial charge on any atom is -0.348 e. The van der Waals surface area contributed by atoms with Crippen molar-refractivity contribution in [1.82, 2.24) is 5.32 Å². The van der Waals surface area contributed by atoms with Crippen LogP contribution in [0.1, 0.15) is 30.3 Å². The topological polar surface area (TPSA) is 29.1 Å². The molecular formula is C16H19NOS2. The van der Waals surface area contributed by atoms with Crippen LogP contribution in [0.3, 0.4) is 0 Å². The van der Waals surface area contributed by atoms with Crippen LogP contribution in [0.2, 0.25) is 0 Å². The Balaban J connectivity index is 1.80. The van der Waals surface area contributed by atoms with Gasteiger partial charge < -0.3 is 5.32 Å². The van der Waals surface area contributed by atoms with Gasteiger partial charge in [0.2, 0.25) is 5.91 Å². The van der Waals surface area contributed by atoms with E-state index in [0.29, 0.717) is 0 Å². The van der Waals surface area contributed by atoms with Crippen LogP contribution >= 0.6 is 23.1 Å². The second-order valence-electron chi connectivity index (χ2n) is 4.68. The van der Waals surface area contributed by atoms with E-state index in [0.717, 1.165) is 5.75 Å². The molecule has 1 aromatic carbocycles. The zero-order valence-corrected chi connectivity index (χ0v) is 13.3. The van der Waals surface area contributed by atoms with Crippen molar-refractivity contribution in [2.45, 2.75) is 30.9 Å². The Morgan fingerprint density at radius 1 is 1.20 bits per heavy atom. The molecule has 0 radical (unpaired) electrons. The van der Waals surface area contributed by atoms with Crippen molar-refractivity contribution in [1.29, 1.82) is 0 Å². The molecule has 20 heavy (non-hydrogen) atoms. The minimum absolute atomic E-state index is 0.0439. The van der Waals surface area contributed by atoms with Crippen molar-refractivity contribution in [3.8, 4) is 0 Å². The molecule has 2 aromatic rings. The van der Waals surface area contributed by atoms with Crippen molar-refractivity contribution in [3.63, 3.8) is 0 Å². The lowest BCUT2D eigenvalue weighted by molar-refractivity contribution is -0.120. The van der Waals surface area contributed by atoms with Gasteiger partial charge in [0.15, 0.2) is 0 Å². The van der Waals surface area contributed by atoms with Crippen LogP contribution in [0.25, 0.3) is 0 Å². The van der Waals surface area contributed by atoms with E-state index < -0.39 is 0 Å². The summed E-state index contributed by atoms with van der Waals surface area (Å²) in [4.78, 5) is 13.3. The maximum absolute atomic E-state index is 12.1. The first kappa shape index (κ1) is 15.1. The van der Waals surface area contributed by atoms with Crippen LogP contribution in [0.5, 0.6) is 0 Å². The van der Waals surface area contributed by atoms with Crippen LogP contribution in [-0.4, -0.2) is 11.2 Å². The fraction of sp³-hybridized carbons (Fsp3) is 0.312. The number of hydrogen-bond acceptors (Lipinski definition) is 3. The fourth-order valence-electron chi connectivity index (χ4n) is 1.81. The third kappa shape index (κ3) is 4.39. The van der Waals surface area contributed by atoms with Crippen LogP contribution in [-0.2, 0) is 10.5 Å². The summed E-state index contributed by atoms with van der Waals surface area (Å²) in [6.07, 6.45) is 0. The molecule has 0 aliphatic heterocycles. The number of carbonyl (C=O) groups is 1. The third-order valence-electron chi connectivity index (χ3n) is 3.04. The molecule has 0 aliphatic rings. The van der Waals surface area contributed by atoms with Gasteiger partial charge in [0.1, 0.15) is 0 Å². The third-order valence-corrected chi connectivity index (χ3v) is 5.31. The van der Waals surface area contributed by atoms with Gasteiger partial charge in [0.25, 0.3) is 0 Å². The summed E-state index contributed by atoms with van der Waals surface area (Å²) in [5, 5.41) is 5.06. The largest absolute Gasteiger partial charge is 0.348 e. The Morgan fingerprint density at radius 2 is 1.95 bits per heavy atom. The Bertz CT molecular complexity index is 525. The second-order valence-corrected chi connectivity index (χ2v) is 6.99. The Labute approximate surface area is 128 Å². The smallest absolute Gasteiger partial charge is 0.233 e. The molecule has 0 fully saturated rings. The van der Waals surface area contributed by atoms with Gasteiger partial charge in [-0.2, -0.15) is 0 Å². The molecular weight excluding hydrogens is 286 g/mol. The normalized spacial score (nSPS) is 13.7. The average molecular weight is 305 g/mol. The number of hydrogen-bond donors (Lipinski definition) is 1. The molecule has 0 spiro atoms. The number of nitrogens with one attached hydrogen (secondary N) is 1. The number of benzene rings is 1. The van der Waals surface area contributed by atoms with Crippen molar-refractivity contribution >= 4 is 29.0 Å². The van der Waals surface area contributed by atoms with E-state index in [-0.39, 0.29) is 17.2 Å². The number of rotatable bonds is 6. The van der Waals surface area contributed by atoms with E-state index in [1.165, 1.54) is 10.4 Å². The first-order valence-electron chi connectivity index (χ1n) is 6.66. The molecule has 106 valence electrons. The lowest BCUT2D eigenvalue weighted by Crippen LogP contribution is -2.32. The summed E-state index contributed by atoms with van der Waals surface area (Å²) in [6, 6.07) is 14.4. The average Bonchev–Trinajstić information content (AvgIpc) is 3.00. The van der Waals surface area contributed by atoms with E-state index in [1.54, 1.807) is 23.1 Å². The van der Waals surface area contributed by atoms with Crippen LogP contribution < -0.4 is 5.32 Å². The van der Waals surface area contributed by atoms with Crippen molar-refractivity contribution in [2.24, 2.45) is 0 Å². The number of carbonyl (C=O) groups excluding carboxylic acids is 1. The van der Waals surface area contributed by atoms with Gasteiger partial charge in [-0.15, -0.1) is 23.1 Å². The summed E-state index contributed by atoms with van der Waals surface area (Å²) in [5.74, 6) is 0.967. The second kappa shape index (κ2) is 7.50. The van der Waals surface area contributed by atoms with Crippen LogP contribution in [0.4, 0.5) is 0 Å². The van der Waals surface area contributed by atoms with Crippen LogP contribution in [0.15, 0.2) is 47.8 Å². The van der Waals surface area contributed by atoms with Gasteiger partial charge >= 0.3 is 0 Å². The molecule has 0 saturated heterocycles. The number of thioether (sulfide) groups is 1. The zero-order chi connectivity index (χ0) is 14.4. The van der Waals surface area contributed by atoms with Gasteiger partial charge in [-0.1, -0.05) is 36.4 Å². The molecule has 0 aliphatic carbocycles. The Kier molecular flexibility index (Phi) is 5.68. The standard InChI is InChI=1S/C16H19NOS2/c1-12(15-9-6-10-19-15)17-16(18)13(2)20-11-14-7-4-3-5-8-14/h3-10,12-13H,11H2,1-2H3,(H,17,18)/t12-,13+/m1/s1. The Morgan fingerprint density at radius 3 is 2.60 bits per heavy atom. The van der Waals surface area contributed by atoms with E-state index in [9.17, 15) is 4.79 Å².